The first-order valence-electron chi connectivity index (χ1n) is 5.80. The van der Waals surface area contributed by atoms with E-state index >= 15 is 0 Å². The first kappa shape index (κ1) is 9.76. The Morgan fingerprint density at radius 2 is 1.93 bits per heavy atom. The highest BCUT2D eigenvalue weighted by Crippen LogP contribution is 2.23. The molecular weight excluding hydrogens is 168 g/mol. The van der Waals surface area contributed by atoms with Crippen LogP contribution in [0.2, 0.25) is 0 Å². The molecule has 0 fully saturated rings. The van der Waals surface area contributed by atoms with Gasteiger partial charge >= 0.3 is 0 Å². The predicted molar refractivity (Wildman–Crippen MR) is 61.4 cm³/mol. The molecule has 0 nitrogen and oxygen atoms in total. The van der Waals surface area contributed by atoms with Gasteiger partial charge in [-0.3, -0.25) is 0 Å². The third-order valence-electron chi connectivity index (χ3n) is 3.13. The van der Waals surface area contributed by atoms with Gasteiger partial charge in [-0.2, -0.15) is 0 Å². The molecule has 0 unspecified atom stereocenters. The van der Waals surface area contributed by atoms with Gasteiger partial charge in [-0.25, -0.2) is 0 Å². The van der Waals surface area contributed by atoms with Crippen LogP contribution in [-0.4, -0.2) is 0 Å². The first-order valence-corrected chi connectivity index (χ1v) is 5.80. The van der Waals surface area contributed by atoms with E-state index in [1.807, 2.05) is 0 Å². The molecule has 0 aliphatic heterocycles. The van der Waals surface area contributed by atoms with Crippen molar-refractivity contribution < 1.29 is 0 Å². The van der Waals surface area contributed by atoms with E-state index in [-0.39, 0.29) is 0 Å². The zero-order valence-electron chi connectivity index (χ0n) is 8.89. The molecule has 1 aromatic rings. The number of hydrogen-bond donors (Lipinski definition) is 0. The standard InChI is InChI=1S/C14H19/c1-2-3-4-6-12-9-10-13-7-5-8-14(13)11-12/h9-11H,1-8H2. The van der Waals surface area contributed by atoms with E-state index in [4.69, 9.17) is 0 Å². The fraction of sp³-hybridized carbons (Fsp3) is 0.500. The van der Waals surface area contributed by atoms with Gasteiger partial charge < -0.3 is 0 Å². The summed E-state index contributed by atoms with van der Waals surface area (Å²) in [6.07, 6.45) is 8.83. The topological polar surface area (TPSA) is 0 Å². The lowest BCUT2D eigenvalue weighted by Gasteiger charge is -2.04. The Bertz CT molecular complexity index is 299. The highest BCUT2D eigenvalue weighted by Gasteiger charge is 2.10. The summed E-state index contributed by atoms with van der Waals surface area (Å²) in [4.78, 5) is 0. The molecule has 0 spiro atoms. The summed E-state index contributed by atoms with van der Waals surface area (Å²) in [5, 5.41) is 0. The van der Waals surface area contributed by atoms with Gasteiger partial charge in [0.2, 0.25) is 0 Å². The smallest absolute Gasteiger partial charge is 0.0273 e. The third-order valence-corrected chi connectivity index (χ3v) is 3.13. The summed E-state index contributed by atoms with van der Waals surface area (Å²) in [7, 11) is 0. The third kappa shape index (κ3) is 2.17. The number of aryl methyl sites for hydroxylation is 3. The average molecular weight is 187 g/mol. The van der Waals surface area contributed by atoms with E-state index in [1.165, 1.54) is 44.1 Å². The molecule has 75 valence electrons. The van der Waals surface area contributed by atoms with Gasteiger partial charge in [0.05, 0.1) is 0 Å². The number of unbranched alkanes of at least 4 members (excludes halogenated alkanes) is 2. The number of rotatable bonds is 4. The molecule has 14 heavy (non-hydrogen) atoms. The maximum atomic E-state index is 3.87. The fourth-order valence-electron chi connectivity index (χ4n) is 2.29. The fourth-order valence-corrected chi connectivity index (χ4v) is 2.29. The highest BCUT2D eigenvalue weighted by molar-refractivity contribution is 5.35. The summed E-state index contributed by atoms with van der Waals surface area (Å²) < 4.78 is 0. The van der Waals surface area contributed by atoms with Crippen molar-refractivity contribution in [1.82, 2.24) is 0 Å². The molecule has 0 aromatic heterocycles. The van der Waals surface area contributed by atoms with E-state index in [0.717, 1.165) is 6.42 Å². The Balaban J connectivity index is 1.98. The number of hydrogen-bond acceptors (Lipinski definition) is 0. The summed E-state index contributed by atoms with van der Waals surface area (Å²) in [5.41, 5.74) is 4.72. The maximum Gasteiger partial charge on any atom is -0.0273 e. The lowest BCUT2D eigenvalue weighted by molar-refractivity contribution is 0.745. The van der Waals surface area contributed by atoms with Crippen molar-refractivity contribution in [2.45, 2.75) is 44.9 Å². The van der Waals surface area contributed by atoms with E-state index in [2.05, 4.69) is 25.1 Å². The van der Waals surface area contributed by atoms with Crippen LogP contribution in [0, 0.1) is 6.92 Å². The second-order valence-electron chi connectivity index (χ2n) is 4.27. The molecule has 0 saturated heterocycles. The van der Waals surface area contributed by atoms with E-state index in [9.17, 15) is 0 Å². The van der Waals surface area contributed by atoms with Crippen LogP contribution in [0.25, 0.3) is 0 Å². The average Bonchev–Trinajstić information content (AvgIpc) is 2.65. The first-order chi connectivity index (χ1) is 6.90. The molecule has 0 amide bonds. The molecule has 0 saturated carbocycles. The van der Waals surface area contributed by atoms with E-state index in [1.54, 1.807) is 11.1 Å². The van der Waals surface area contributed by atoms with Crippen LogP contribution < -0.4 is 0 Å². The van der Waals surface area contributed by atoms with Crippen LogP contribution in [0.15, 0.2) is 18.2 Å². The largest absolute Gasteiger partial charge is 0.0588 e. The van der Waals surface area contributed by atoms with Crippen LogP contribution in [-0.2, 0) is 19.3 Å². The van der Waals surface area contributed by atoms with Crippen molar-refractivity contribution >= 4 is 0 Å². The molecule has 0 atom stereocenters. The summed E-state index contributed by atoms with van der Waals surface area (Å²) in [5.74, 6) is 0. The molecule has 2 rings (SSSR count). The van der Waals surface area contributed by atoms with Gasteiger partial charge in [0.15, 0.2) is 0 Å². The van der Waals surface area contributed by atoms with Crippen LogP contribution in [0.4, 0.5) is 0 Å². The lowest BCUT2D eigenvalue weighted by Crippen LogP contribution is -1.89. The number of benzene rings is 1. The van der Waals surface area contributed by atoms with Gasteiger partial charge in [-0.15, -0.1) is 0 Å². The van der Waals surface area contributed by atoms with Crippen molar-refractivity contribution in [2.24, 2.45) is 0 Å². The molecule has 0 N–H and O–H groups in total. The van der Waals surface area contributed by atoms with E-state index in [0.29, 0.717) is 0 Å². The molecule has 1 aliphatic rings. The molecular formula is C14H19. The highest BCUT2D eigenvalue weighted by atomic mass is 14.1. The summed E-state index contributed by atoms with van der Waals surface area (Å²) >= 11 is 0. The quantitative estimate of drug-likeness (QED) is 0.630. The second kappa shape index (κ2) is 4.63. The van der Waals surface area contributed by atoms with Crippen molar-refractivity contribution in [2.75, 3.05) is 0 Å². The Morgan fingerprint density at radius 3 is 2.79 bits per heavy atom. The van der Waals surface area contributed by atoms with Crippen molar-refractivity contribution in [1.29, 1.82) is 0 Å². The maximum absolute atomic E-state index is 3.87. The van der Waals surface area contributed by atoms with Crippen LogP contribution in [0.1, 0.15) is 42.4 Å². The second-order valence-corrected chi connectivity index (χ2v) is 4.27. The summed E-state index contributed by atoms with van der Waals surface area (Å²) in [6, 6.07) is 7.07. The van der Waals surface area contributed by atoms with Gasteiger partial charge in [0.1, 0.15) is 0 Å². The minimum atomic E-state index is 1.07. The number of fused-ring (bicyclic) bond motifs is 1. The van der Waals surface area contributed by atoms with Crippen LogP contribution in [0.5, 0.6) is 0 Å². The Morgan fingerprint density at radius 1 is 1.07 bits per heavy atom. The van der Waals surface area contributed by atoms with Crippen molar-refractivity contribution in [3.8, 4) is 0 Å². The zero-order valence-corrected chi connectivity index (χ0v) is 8.89. The Kier molecular flexibility index (Phi) is 3.23. The van der Waals surface area contributed by atoms with Crippen molar-refractivity contribution in [3.05, 3.63) is 41.8 Å². The Hall–Kier alpha value is -0.780. The minimum Gasteiger partial charge on any atom is -0.0588 e. The molecule has 1 aromatic carbocycles. The normalized spacial score (nSPS) is 14.4. The SMILES string of the molecule is [CH2]CCCCc1ccc2c(c1)CCC2. The van der Waals surface area contributed by atoms with Crippen LogP contribution >= 0.6 is 0 Å². The minimum absolute atomic E-state index is 1.07. The van der Waals surface area contributed by atoms with Gasteiger partial charge in [0, 0.05) is 0 Å². The molecule has 1 aliphatic carbocycles. The van der Waals surface area contributed by atoms with Crippen LogP contribution in [0.3, 0.4) is 0 Å². The van der Waals surface area contributed by atoms with E-state index < -0.39 is 0 Å². The molecule has 0 heteroatoms. The molecule has 1 radical (unpaired) electrons. The van der Waals surface area contributed by atoms with Gasteiger partial charge in [-0.05, 0) is 48.8 Å². The summed E-state index contributed by atoms with van der Waals surface area (Å²) in [6.45, 7) is 3.87. The molecule has 0 bridgehead atoms. The zero-order chi connectivity index (χ0) is 9.80. The molecule has 0 heterocycles. The monoisotopic (exact) mass is 187 g/mol. The lowest BCUT2D eigenvalue weighted by atomic mass is 10.0. The predicted octanol–water partition coefficient (Wildman–Crippen LogP) is 3.72. The van der Waals surface area contributed by atoms with Gasteiger partial charge in [0.25, 0.3) is 0 Å². The van der Waals surface area contributed by atoms with Crippen molar-refractivity contribution in [3.63, 3.8) is 0 Å². The Labute approximate surface area is 87.3 Å². The van der Waals surface area contributed by atoms with Gasteiger partial charge in [-0.1, -0.05) is 38.0 Å².